The number of aromatic nitrogens is 1. The Balaban J connectivity index is 1.18. The lowest BCUT2D eigenvalue weighted by molar-refractivity contribution is 0.293. The van der Waals surface area contributed by atoms with Gasteiger partial charge < -0.3 is 18.8 Å². The van der Waals surface area contributed by atoms with Crippen LogP contribution in [0, 0.1) is 16.7 Å². The van der Waals surface area contributed by atoms with Gasteiger partial charge >= 0.3 is 0 Å². The number of hydrogen-bond donors (Lipinski definition) is 0. The largest absolute Gasteiger partial charge is 0.454 e. The van der Waals surface area contributed by atoms with Crippen molar-refractivity contribution < 1.29 is 4.42 Å². The van der Waals surface area contributed by atoms with Crippen molar-refractivity contribution in [3.8, 4) is 5.69 Å². The molecule has 5 heterocycles. The lowest BCUT2D eigenvalue weighted by Gasteiger charge is -2.44. The van der Waals surface area contributed by atoms with E-state index in [1.165, 1.54) is 109 Å². The molecule has 3 aliphatic carbocycles. The molecule has 0 amide bonds. The predicted molar refractivity (Wildman–Crippen MR) is 312 cm³/mol. The molecule has 3 aromatic heterocycles. The fourth-order valence-corrected chi connectivity index (χ4v) is 14.0. The van der Waals surface area contributed by atoms with E-state index in [1.54, 1.807) is 0 Å². The highest BCUT2D eigenvalue weighted by Crippen LogP contribution is 2.49. The molecule has 0 spiro atoms. The monoisotopic (exact) mass is 962 g/mol. The van der Waals surface area contributed by atoms with E-state index < -0.39 is 0 Å². The zero-order chi connectivity index (χ0) is 50.0. The Kier molecular flexibility index (Phi) is 9.91. The molecule has 6 heteroatoms. The number of para-hydroxylation sites is 1. The zero-order valence-electron chi connectivity index (χ0n) is 44.4. The maximum atomic E-state index is 7.10. The maximum Gasteiger partial charge on any atom is 0.252 e. The number of benzene rings is 5. The van der Waals surface area contributed by atoms with E-state index >= 15 is 0 Å². The van der Waals surface area contributed by atoms with Gasteiger partial charge in [0.15, 0.2) is 5.42 Å². The number of thiophene rings is 1. The third-order valence-electron chi connectivity index (χ3n) is 16.8. The quantitative estimate of drug-likeness (QED) is 0.164. The fraction of sp³-hybridized carbons (Fsp3) is 0.333. The minimum Gasteiger partial charge on any atom is -0.454 e. The molecule has 2 aliphatic heterocycles. The molecule has 0 saturated carbocycles. The molecule has 0 N–H and O–H groups in total. The van der Waals surface area contributed by atoms with Crippen LogP contribution in [0.4, 0.5) is 17.1 Å². The highest BCUT2D eigenvalue weighted by Gasteiger charge is 2.45. The van der Waals surface area contributed by atoms with Gasteiger partial charge in [0.1, 0.15) is 10.4 Å². The van der Waals surface area contributed by atoms with Crippen LogP contribution < -0.4 is 36.8 Å². The first-order valence-electron chi connectivity index (χ1n) is 26.6. The summed E-state index contributed by atoms with van der Waals surface area (Å²) in [5.74, 6) is 0.466. The van der Waals surface area contributed by atoms with Gasteiger partial charge in [-0.15, -0.1) is 11.3 Å². The number of furan rings is 1. The Morgan fingerprint density at radius 2 is 1.40 bits per heavy atom. The van der Waals surface area contributed by atoms with E-state index in [4.69, 9.17) is 4.42 Å². The summed E-state index contributed by atoms with van der Waals surface area (Å²) in [4.78, 5) is 6.70. The smallest absolute Gasteiger partial charge is 0.252 e. The van der Waals surface area contributed by atoms with Gasteiger partial charge in [-0.2, -0.15) is 0 Å². The van der Waals surface area contributed by atoms with Crippen molar-refractivity contribution in [2.24, 2.45) is 16.7 Å². The molecule has 0 saturated heterocycles. The van der Waals surface area contributed by atoms with E-state index in [0.29, 0.717) is 5.92 Å². The van der Waals surface area contributed by atoms with Crippen LogP contribution in [-0.4, -0.2) is 17.3 Å². The van der Waals surface area contributed by atoms with Crippen molar-refractivity contribution in [2.45, 2.75) is 126 Å². The van der Waals surface area contributed by atoms with Crippen molar-refractivity contribution in [3.63, 3.8) is 0 Å². The lowest BCUT2D eigenvalue weighted by atomic mass is 9.33. The zero-order valence-corrected chi connectivity index (χ0v) is 45.2. The fourth-order valence-electron chi connectivity index (χ4n) is 12.8. The second-order valence-electron chi connectivity index (χ2n) is 25.7. The number of nitrogens with zero attached hydrogens (tertiary/aromatic N) is 3. The van der Waals surface area contributed by atoms with E-state index in [-0.39, 0.29) is 34.4 Å². The number of rotatable bonds is 4. The topological polar surface area (TPSA) is 24.6 Å². The SMILES string of the molecule is CC(C)(C)C1=CCC(N(C2=CCC(C(C)(C)C)C=C2)c2cc3c4c(c2)-n2c5sc6ccccc6c5c5cc(C(C)(C)C)cc(c52)B4c2ccc(C(C)(C)C)cc2N3C2=c3oc4ccccc4c3=CCC2)C=C1. The summed E-state index contributed by atoms with van der Waals surface area (Å²) < 4.78 is 11.1. The highest BCUT2D eigenvalue weighted by molar-refractivity contribution is 7.26. The van der Waals surface area contributed by atoms with Gasteiger partial charge in [0.25, 0.3) is 6.71 Å². The minimum absolute atomic E-state index is 0.00410. The highest BCUT2D eigenvalue weighted by atomic mass is 32.1. The molecular weight excluding hydrogens is 894 g/mol. The summed E-state index contributed by atoms with van der Waals surface area (Å²) in [7, 11) is 0. The minimum atomic E-state index is -0.0656. The number of hydrogen-bond acceptors (Lipinski definition) is 4. The molecular formula is C66H68BN3OS. The van der Waals surface area contributed by atoms with Gasteiger partial charge in [-0.3, -0.25) is 0 Å². The Labute approximate surface area is 430 Å². The van der Waals surface area contributed by atoms with Crippen molar-refractivity contribution >= 4 is 105 Å². The average molecular weight is 962 g/mol. The predicted octanol–water partition coefficient (Wildman–Crippen LogP) is 14.6. The van der Waals surface area contributed by atoms with Crippen LogP contribution in [0.3, 0.4) is 0 Å². The Bertz CT molecular complexity index is 3890. The van der Waals surface area contributed by atoms with Crippen molar-refractivity contribution in [3.05, 3.63) is 160 Å². The molecule has 2 atom stereocenters. The van der Waals surface area contributed by atoms with Crippen LogP contribution in [0.15, 0.2) is 143 Å². The van der Waals surface area contributed by atoms with Crippen LogP contribution in [-0.2, 0) is 10.8 Å². The van der Waals surface area contributed by atoms with Gasteiger partial charge in [0.05, 0.1) is 17.3 Å². The van der Waals surface area contributed by atoms with Crippen LogP contribution in [0.2, 0.25) is 0 Å². The number of fused-ring (bicyclic) bond motifs is 12. The second kappa shape index (κ2) is 15.6. The summed E-state index contributed by atoms with van der Waals surface area (Å²) in [6.45, 7) is 28.4. The Morgan fingerprint density at radius 1 is 0.653 bits per heavy atom. The summed E-state index contributed by atoms with van der Waals surface area (Å²) >= 11 is 1.95. The molecule has 5 aromatic carbocycles. The number of allylic oxidation sites excluding steroid dienone is 5. The van der Waals surface area contributed by atoms with Crippen LogP contribution in [0.1, 0.15) is 120 Å². The average Bonchev–Trinajstić information content (AvgIpc) is 4.01. The van der Waals surface area contributed by atoms with Gasteiger partial charge in [-0.05, 0) is 129 Å². The van der Waals surface area contributed by atoms with Crippen molar-refractivity contribution in [1.29, 1.82) is 0 Å². The standard InChI is InChI=1S/C66H68BN3OS/c1-63(2,3)39-24-29-43(30-25-39)68(44-31-26-40(27-32-44)64(4,5)6)45-37-54-59-55(38-45)70-60-49(58-48-19-14-16-23-57(48)72-62(58)70)34-42(66(10,11)12)35-51(60)67(59)50-33-28-41(65(7,8)9)36-53(50)69(54)52-21-17-20-47-46-18-13-15-22-56(46)71-61(47)52/h13-16,18-20,22-26,28-29,31-38,40,43H,17,21,27,30H2,1-12H3. The number of anilines is 3. The van der Waals surface area contributed by atoms with Gasteiger partial charge in [0.2, 0.25) is 0 Å². The Hall–Kier alpha value is -6.24. The molecule has 5 aliphatic rings. The normalized spacial score (nSPS) is 18.7. The molecule has 0 fully saturated rings. The molecule has 4 nitrogen and oxygen atoms in total. The maximum absolute atomic E-state index is 7.10. The van der Waals surface area contributed by atoms with E-state index in [0.717, 1.165) is 36.7 Å². The van der Waals surface area contributed by atoms with Crippen LogP contribution in [0.5, 0.6) is 0 Å². The summed E-state index contributed by atoms with van der Waals surface area (Å²) in [5, 5.41) is 6.48. The first kappa shape index (κ1) is 45.6. The molecule has 13 rings (SSSR count). The first-order valence-corrected chi connectivity index (χ1v) is 27.5. The van der Waals surface area contributed by atoms with Gasteiger partial charge in [-0.1, -0.05) is 174 Å². The first-order chi connectivity index (χ1) is 34.2. The molecule has 0 radical (unpaired) electrons. The van der Waals surface area contributed by atoms with Crippen molar-refractivity contribution in [2.75, 3.05) is 9.80 Å². The summed E-state index contributed by atoms with van der Waals surface area (Å²) in [6, 6.07) is 35.6. The van der Waals surface area contributed by atoms with Gasteiger partial charge in [0, 0.05) is 59.9 Å². The van der Waals surface area contributed by atoms with Crippen LogP contribution >= 0.6 is 11.3 Å². The Morgan fingerprint density at radius 3 is 2.11 bits per heavy atom. The molecule has 72 heavy (non-hydrogen) atoms. The van der Waals surface area contributed by atoms with E-state index in [1.807, 2.05) is 11.3 Å². The van der Waals surface area contributed by atoms with Crippen LogP contribution in [0.25, 0.3) is 59.6 Å². The second-order valence-corrected chi connectivity index (χ2v) is 26.7. The summed E-state index contributed by atoms with van der Waals surface area (Å²) in [5.41, 5.74) is 19.2. The molecule has 2 unspecified atom stereocenters. The molecule has 8 aromatic rings. The van der Waals surface area contributed by atoms with E-state index in [9.17, 15) is 0 Å². The molecule has 362 valence electrons. The third-order valence-corrected chi connectivity index (χ3v) is 18.0. The third kappa shape index (κ3) is 6.90. The molecule has 0 bridgehead atoms. The van der Waals surface area contributed by atoms with Gasteiger partial charge in [-0.25, -0.2) is 0 Å². The van der Waals surface area contributed by atoms with Crippen molar-refractivity contribution in [1.82, 2.24) is 4.57 Å². The van der Waals surface area contributed by atoms with E-state index in [2.05, 4.69) is 231 Å². The lowest BCUT2D eigenvalue weighted by Crippen LogP contribution is -2.61. The summed E-state index contributed by atoms with van der Waals surface area (Å²) in [6.07, 6.45) is 21.1.